The third kappa shape index (κ3) is 2.68. The summed E-state index contributed by atoms with van der Waals surface area (Å²) in [5.74, 6) is 0.272. The van der Waals surface area contributed by atoms with Crippen LogP contribution in [-0.4, -0.2) is 0 Å². The van der Waals surface area contributed by atoms with Crippen molar-refractivity contribution in [3.8, 4) is 10.4 Å². The third-order valence-electron chi connectivity index (χ3n) is 6.72. The van der Waals surface area contributed by atoms with Gasteiger partial charge in [-0.1, -0.05) is 91.0 Å². The number of hydrogen-bond donors (Lipinski definition) is 0. The number of benzene rings is 5. The van der Waals surface area contributed by atoms with E-state index < -0.39 is 0 Å². The fraction of sp³-hybridized carbons (Fsp3) is 0.0323. The molecule has 1 heterocycles. The Hall–Kier alpha value is -3.68. The predicted molar refractivity (Wildman–Crippen MR) is 140 cm³/mol. The minimum Gasteiger partial charge on any atom is -0.135 e. The van der Waals surface area contributed by atoms with E-state index in [1.807, 2.05) is 11.3 Å². The molecular weight excluding hydrogens is 404 g/mol. The summed E-state index contributed by atoms with van der Waals surface area (Å²) < 4.78 is 1.34. The summed E-state index contributed by atoms with van der Waals surface area (Å²) in [5.41, 5.74) is 5.43. The Balaban J connectivity index is 1.55. The zero-order valence-corrected chi connectivity index (χ0v) is 18.3. The molecule has 0 bridgehead atoms. The lowest BCUT2D eigenvalue weighted by atomic mass is 9.86. The van der Waals surface area contributed by atoms with Gasteiger partial charge in [0, 0.05) is 15.5 Å². The van der Waals surface area contributed by atoms with E-state index in [4.69, 9.17) is 0 Å². The zero-order valence-electron chi connectivity index (χ0n) is 17.5. The van der Waals surface area contributed by atoms with E-state index in [2.05, 4.69) is 115 Å². The van der Waals surface area contributed by atoms with Gasteiger partial charge >= 0.3 is 0 Å². The van der Waals surface area contributed by atoms with Gasteiger partial charge in [-0.3, -0.25) is 0 Å². The molecule has 1 heteroatoms. The molecule has 0 radical (unpaired) electrons. The highest BCUT2D eigenvalue weighted by Crippen LogP contribution is 2.44. The number of fused-ring (bicyclic) bond motifs is 5. The van der Waals surface area contributed by atoms with Crippen LogP contribution in [0.25, 0.3) is 48.1 Å². The Kier molecular flexibility index (Phi) is 3.88. The van der Waals surface area contributed by atoms with Crippen LogP contribution >= 0.6 is 11.3 Å². The fourth-order valence-corrected chi connectivity index (χ4v) is 6.26. The maximum absolute atomic E-state index is 2.44. The predicted octanol–water partition coefficient (Wildman–Crippen LogP) is 9.03. The number of allylic oxidation sites excluding steroid dienone is 1. The van der Waals surface area contributed by atoms with Gasteiger partial charge in [0.05, 0.1) is 0 Å². The Morgan fingerprint density at radius 2 is 1.38 bits per heavy atom. The van der Waals surface area contributed by atoms with Gasteiger partial charge < -0.3 is 0 Å². The molecule has 0 aliphatic heterocycles. The van der Waals surface area contributed by atoms with Crippen molar-refractivity contribution in [1.82, 2.24) is 0 Å². The summed E-state index contributed by atoms with van der Waals surface area (Å²) >= 11 is 1.88. The van der Waals surface area contributed by atoms with Crippen LogP contribution in [0.5, 0.6) is 0 Å². The quantitative estimate of drug-likeness (QED) is 0.243. The minimum atomic E-state index is 0.272. The van der Waals surface area contributed by atoms with Crippen molar-refractivity contribution in [2.45, 2.75) is 5.92 Å². The first kappa shape index (κ1) is 17.9. The highest BCUT2D eigenvalue weighted by molar-refractivity contribution is 7.22. The Morgan fingerprint density at radius 1 is 0.594 bits per heavy atom. The smallest absolute Gasteiger partial charge is 0.0355 e. The van der Waals surface area contributed by atoms with Crippen molar-refractivity contribution in [2.75, 3.05) is 0 Å². The first-order chi connectivity index (χ1) is 15.8. The van der Waals surface area contributed by atoms with E-state index in [-0.39, 0.29) is 5.92 Å². The molecule has 0 nitrogen and oxygen atoms in total. The van der Waals surface area contributed by atoms with Crippen LogP contribution in [0, 0.1) is 0 Å². The Bertz CT molecular complexity index is 1650. The summed E-state index contributed by atoms with van der Waals surface area (Å²) in [6, 6.07) is 38.0. The molecule has 0 fully saturated rings. The van der Waals surface area contributed by atoms with E-state index in [1.54, 1.807) is 0 Å². The van der Waals surface area contributed by atoms with Gasteiger partial charge in [0.15, 0.2) is 0 Å². The molecule has 1 atom stereocenters. The molecule has 0 spiro atoms. The molecule has 32 heavy (non-hydrogen) atoms. The van der Waals surface area contributed by atoms with Crippen molar-refractivity contribution in [2.24, 2.45) is 0 Å². The maximum Gasteiger partial charge on any atom is 0.0355 e. The van der Waals surface area contributed by atoms with Crippen LogP contribution in [0.2, 0.25) is 0 Å². The normalized spacial score (nSPS) is 15.1. The summed E-state index contributed by atoms with van der Waals surface area (Å²) in [5, 5.41) is 6.64. The van der Waals surface area contributed by atoms with E-state index in [0.29, 0.717) is 0 Å². The molecule has 1 aromatic heterocycles. The molecule has 1 unspecified atom stereocenters. The molecule has 5 aromatic carbocycles. The second kappa shape index (κ2) is 6.91. The van der Waals surface area contributed by atoms with Gasteiger partial charge in [0.1, 0.15) is 0 Å². The molecule has 7 rings (SSSR count). The number of hydrogen-bond acceptors (Lipinski definition) is 1. The van der Waals surface area contributed by atoms with Crippen molar-refractivity contribution in [3.05, 3.63) is 126 Å². The van der Waals surface area contributed by atoms with E-state index in [9.17, 15) is 0 Å². The average molecular weight is 425 g/mol. The van der Waals surface area contributed by atoms with Crippen LogP contribution in [-0.2, 0) is 0 Å². The molecule has 0 saturated heterocycles. The summed E-state index contributed by atoms with van der Waals surface area (Å²) in [6.45, 7) is 0. The molecule has 0 saturated carbocycles. The van der Waals surface area contributed by atoms with Crippen molar-refractivity contribution in [3.63, 3.8) is 0 Å². The average Bonchev–Trinajstić information content (AvgIpc) is 3.48. The molecule has 1 aliphatic carbocycles. The molecule has 1 aliphatic rings. The van der Waals surface area contributed by atoms with Gasteiger partial charge in [0.25, 0.3) is 0 Å². The molecule has 0 amide bonds. The lowest BCUT2D eigenvalue weighted by Crippen LogP contribution is -1.98. The number of thiophene rings is 1. The zero-order chi connectivity index (χ0) is 21.1. The maximum atomic E-state index is 2.44. The van der Waals surface area contributed by atoms with Crippen LogP contribution in [0.3, 0.4) is 0 Å². The highest BCUT2D eigenvalue weighted by Gasteiger charge is 2.22. The third-order valence-corrected chi connectivity index (χ3v) is 7.88. The van der Waals surface area contributed by atoms with Gasteiger partial charge in [-0.2, -0.15) is 0 Å². The van der Waals surface area contributed by atoms with Crippen molar-refractivity contribution < 1.29 is 0 Å². The fourth-order valence-electron chi connectivity index (χ4n) is 5.21. The SMILES string of the molecule is C1=CC(c2cc(-c3cc4ccccc4s3)cc3ccc4ccccc4c23)c2ccccc21. The number of rotatable bonds is 2. The lowest BCUT2D eigenvalue weighted by Gasteiger charge is -2.18. The molecular formula is C31H20S. The largest absolute Gasteiger partial charge is 0.135 e. The van der Waals surface area contributed by atoms with Crippen LogP contribution in [0.4, 0.5) is 0 Å². The minimum absolute atomic E-state index is 0.272. The van der Waals surface area contributed by atoms with Gasteiger partial charge in [-0.05, 0) is 73.5 Å². The van der Waals surface area contributed by atoms with Gasteiger partial charge in [-0.15, -0.1) is 11.3 Å². The van der Waals surface area contributed by atoms with E-state index in [1.165, 1.54) is 58.8 Å². The van der Waals surface area contributed by atoms with Crippen LogP contribution in [0.1, 0.15) is 22.6 Å². The van der Waals surface area contributed by atoms with Gasteiger partial charge in [0.2, 0.25) is 0 Å². The van der Waals surface area contributed by atoms with Gasteiger partial charge in [-0.25, -0.2) is 0 Å². The molecule has 0 N–H and O–H groups in total. The Morgan fingerprint density at radius 3 is 2.31 bits per heavy atom. The second-order valence-electron chi connectivity index (χ2n) is 8.56. The van der Waals surface area contributed by atoms with E-state index in [0.717, 1.165) is 0 Å². The van der Waals surface area contributed by atoms with E-state index >= 15 is 0 Å². The van der Waals surface area contributed by atoms with Crippen molar-refractivity contribution in [1.29, 1.82) is 0 Å². The summed E-state index contributed by atoms with van der Waals surface area (Å²) in [7, 11) is 0. The molecule has 6 aromatic rings. The monoisotopic (exact) mass is 424 g/mol. The van der Waals surface area contributed by atoms with Crippen LogP contribution in [0.15, 0.2) is 109 Å². The van der Waals surface area contributed by atoms with Crippen molar-refractivity contribution >= 4 is 49.0 Å². The lowest BCUT2D eigenvalue weighted by molar-refractivity contribution is 1.07. The first-order valence-corrected chi connectivity index (χ1v) is 11.9. The summed E-state index contributed by atoms with van der Waals surface area (Å²) in [4.78, 5) is 1.33. The second-order valence-corrected chi connectivity index (χ2v) is 9.65. The first-order valence-electron chi connectivity index (χ1n) is 11.1. The Labute approximate surface area is 191 Å². The highest BCUT2D eigenvalue weighted by atomic mass is 32.1. The summed E-state index contributed by atoms with van der Waals surface area (Å²) in [6.07, 6.45) is 4.65. The van der Waals surface area contributed by atoms with Crippen LogP contribution < -0.4 is 0 Å². The standard InChI is InChI=1S/C31H20S/c1-4-10-25-20(7-1)15-16-27(25)28-18-24(30-19-22-9-3-6-12-29(22)32-30)17-23-14-13-21-8-2-5-11-26(21)31(23)28/h1-19,27H. The topological polar surface area (TPSA) is 0 Å². The molecule has 150 valence electrons.